The molecule has 0 aromatic heterocycles. The minimum absolute atomic E-state index is 0.0123. The first-order valence-electron chi connectivity index (χ1n) is 8.41. The van der Waals surface area contributed by atoms with Crippen molar-refractivity contribution in [1.82, 2.24) is 0 Å². The molecule has 2 rings (SSSR count). The lowest BCUT2D eigenvalue weighted by Gasteiger charge is -2.35. The van der Waals surface area contributed by atoms with Crippen LogP contribution in [0.15, 0.2) is 12.2 Å². The van der Waals surface area contributed by atoms with Crippen molar-refractivity contribution in [1.29, 1.82) is 0 Å². The van der Waals surface area contributed by atoms with Gasteiger partial charge >= 0.3 is 5.97 Å². The van der Waals surface area contributed by atoms with E-state index in [1.807, 2.05) is 0 Å². The van der Waals surface area contributed by atoms with Gasteiger partial charge in [-0.2, -0.15) is 0 Å². The third-order valence-electron chi connectivity index (χ3n) is 5.22. The summed E-state index contributed by atoms with van der Waals surface area (Å²) in [6.45, 7) is 7.48. The predicted octanol–water partition coefficient (Wildman–Crippen LogP) is 4.59. The van der Waals surface area contributed by atoms with E-state index >= 15 is 0 Å². The van der Waals surface area contributed by atoms with Gasteiger partial charge in [-0.3, -0.25) is 4.79 Å². The highest BCUT2D eigenvalue weighted by Gasteiger charge is 2.29. The summed E-state index contributed by atoms with van der Waals surface area (Å²) in [7, 11) is 0. The molecule has 0 bridgehead atoms. The van der Waals surface area contributed by atoms with Gasteiger partial charge in [0.15, 0.2) is 0 Å². The van der Waals surface area contributed by atoms with Gasteiger partial charge in [0, 0.05) is 0 Å². The van der Waals surface area contributed by atoms with E-state index in [9.17, 15) is 4.79 Å². The maximum Gasteiger partial charge on any atom is 0.309 e. The van der Waals surface area contributed by atoms with Crippen molar-refractivity contribution in [3.63, 3.8) is 0 Å². The van der Waals surface area contributed by atoms with E-state index in [4.69, 9.17) is 4.74 Å². The smallest absolute Gasteiger partial charge is 0.309 e. The largest absolute Gasteiger partial charge is 0.461 e. The number of rotatable bonds is 5. The minimum atomic E-state index is 0.0123. The molecule has 2 nitrogen and oxygen atoms in total. The molecule has 2 saturated carbocycles. The highest BCUT2D eigenvalue weighted by atomic mass is 16.5. The first-order valence-corrected chi connectivity index (χ1v) is 8.41. The Bertz CT molecular complexity index is 341. The molecule has 0 aromatic rings. The van der Waals surface area contributed by atoms with Crippen LogP contribution in [-0.2, 0) is 9.53 Å². The second kappa shape index (κ2) is 7.28. The van der Waals surface area contributed by atoms with Crippen molar-refractivity contribution in [2.24, 2.45) is 29.6 Å². The molecule has 2 aliphatic rings. The summed E-state index contributed by atoms with van der Waals surface area (Å²) < 4.78 is 5.33. The molecule has 0 N–H and O–H groups in total. The molecular formula is C18H30O2. The molecule has 114 valence electrons. The summed E-state index contributed by atoms with van der Waals surface area (Å²) in [4.78, 5) is 11.6. The zero-order valence-electron chi connectivity index (χ0n) is 13.3. The van der Waals surface area contributed by atoms with Crippen LogP contribution in [0.25, 0.3) is 0 Å². The third kappa shape index (κ3) is 4.10. The topological polar surface area (TPSA) is 26.3 Å². The van der Waals surface area contributed by atoms with Gasteiger partial charge < -0.3 is 4.74 Å². The molecule has 0 radical (unpaired) electrons. The molecule has 3 atom stereocenters. The average Bonchev–Trinajstić information content (AvgIpc) is 2.32. The van der Waals surface area contributed by atoms with E-state index in [1.54, 1.807) is 0 Å². The Kier molecular flexibility index (Phi) is 5.68. The molecule has 2 heteroatoms. The van der Waals surface area contributed by atoms with E-state index in [0.29, 0.717) is 12.5 Å². The van der Waals surface area contributed by atoms with Crippen LogP contribution in [0.5, 0.6) is 0 Å². The zero-order valence-corrected chi connectivity index (χ0v) is 13.3. The molecule has 2 fully saturated rings. The van der Waals surface area contributed by atoms with Crippen LogP contribution in [-0.4, -0.2) is 12.6 Å². The normalized spacial score (nSPS) is 31.5. The van der Waals surface area contributed by atoms with Crippen LogP contribution in [0.1, 0.15) is 59.3 Å². The van der Waals surface area contributed by atoms with Gasteiger partial charge in [-0.25, -0.2) is 0 Å². The molecule has 0 aliphatic heterocycles. The Hall–Kier alpha value is -0.790. The quantitative estimate of drug-likeness (QED) is 0.543. The monoisotopic (exact) mass is 278 g/mol. The molecule has 3 unspecified atom stereocenters. The van der Waals surface area contributed by atoms with E-state index in [-0.39, 0.29) is 11.9 Å². The Morgan fingerprint density at radius 1 is 1.25 bits per heavy atom. The summed E-state index contributed by atoms with van der Waals surface area (Å²) in [5, 5.41) is 0. The average molecular weight is 278 g/mol. The third-order valence-corrected chi connectivity index (χ3v) is 5.22. The summed E-state index contributed by atoms with van der Waals surface area (Å²) in [6, 6.07) is 0. The van der Waals surface area contributed by atoms with Gasteiger partial charge in [0.1, 0.15) is 6.61 Å². The van der Waals surface area contributed by atoms with Crippen LogP contribution in [0, 0.1) is 29.6 Å². The van der Waals surface area contributed by atoms with Crippen molar-refractivity contribution in [2.45, 2.75) is 59.3 Å². The first kappa shape index (κ1) is 15.6. The van der Waals surface area contributed by atoms with Crippen molar-refractivity contribution in [2.75, 3.05) is 6.61 Å². The molecular weight excluding hydrogens is 248 g/mol. The number of carbonyl (C=O) groups is 1. The standard InChI is InChI=1S/C18H30O2/c1-13(2)17-10-9-14(3)12-16(17)8-5-11-20-18(19)15-6-4-7-15/h5,8,13-17H,4,6-7,9-12H2,1-3H3. The van der Waals surface area contributed by atoms with Gasteiger partial charge in [0.05, 0.1) is 5.92 Å². The Balaban J connectivity index is 1.76. The summed E-state index contributed by atoms with van der Waals surface area (Å²) in [6.07, 6.45) is 11.6. The molecule has 0 heterocycles. The maximum absolute atomic E-state index is 11.6. The van der Waals surface area contributed by atoms with Crippen LogP contribution < -0.4 is 0 Å². The van der Waals surface area contributed by atoms with Crippen LogP contribution in [0.2, 0.25) is 0 Å². The van der Waals surface area contributed by atoms with Gasteiger partial charge in [-0.15, -0.1) is 0 Å². The maximum atomic E-state index is 11.6. The molecule has 20 heavy (non-hydrogen) atoms. The van der Waals surface area contributed by atoms with E-state index in [1.165, 1.54) is 25.7 Å². The molecule has 2 aliphatic carbocycles. The number of allylic oxidation sites excluding steroid dienone is 1. The molecule has 0 aromatic carbocycles. The summed E-state index contributed by atoms with van der Waals surface area (Å²) in [5.41, 5.74) is 0. The summed E-state index contributed by atoms with van der Waals surface area (Å²) >= 11 is 0. The van der Waals surface area contributed by atoms with Crippen molar-refractivity contribution in [3.8, 4) is 0 Å². The van der Waals surface area contributed by atoms with Crippen LogP contribution in [0.4, 0.5) is 0 Å². The number of hydrogen-bond acceptors (Lipinski definition) is 2. The lowest BCUT2D eigenvalue weighted by Crippen LogP contribution is -2.26. The number of hydrogen-bond donors (Lipinski definition) is 0. The molecule has 0 spiro atoms. The molecule has 0 saturated heterocycles. The second-order valence-electron chi connectivity index (χ2n) is 7.18. The molecule has 0 amide bonds. The lowest BCUT2D eigenvalue weighted by atomic mass is 9.70. The first-order chi connectivity index (χ1) is 9.58. The highest BCUT2D eigenvalue weighted by molar-refractivity contribution is 5.73. The Morgan fingerprint density at radius 2 is 2.00 bits per heavy atom. The fraction of sp³-hybridized carbons (Fsp3) is 0.833. The second-order valence-corrected chi connectivity index (χ2v) is 7.18. The van der Waals surface area contributed by atoms with E-state index in [0.717, 1.165) is 30.6 Å². The Labute approximate surface area is 124 Å². The van der Waals surface area contributed by atoms with Crippen LogP contribution >= 0.6 is 0 Å². The number of ether oxygens (including phenoxy) is 1. The van der Waals surface area contributed by atoms with Crippen molar-refractivity contribution in [3.05, 3.63) is 12.2 Å². The van der Waals surface area contributed by atoms with Gasteiger partial charge in [0.2, 0.25) is 0 Å². The minimum Gasteiger partial charge on any atom is -0.461 e. The SMILES string of the molecule is CC1CCC(C(C)C)C(C=CCOC(=O)C2CCC2)C1. The highest BCUT2D eigenvalue weighted by Crippen LogP contribution is 2.38. The van der Waals surface area contributed by atoms with Gasteiger partial charge in [-0.05, 0) is 49.4 Å². The van der Waals surface area contributed by atoms with Gasteiger partial charge in [-0.1, -0.05) is 45.8 Å². The van der Waals surface area contributed by atoms with Crippen molar-refractivity contribution < 1.29 is 9.53 Å². The van der Waals surface area contributed by atoms with Gasteiger partial charge in [0.25, 0.3) is 0 Å². The van der Waals surface area contributed by atoms with Crippen LogP contribution in [0.3, 0.4) is 0 Å². The number of carbonyl (C=O) groups excluding carboxylic acids is 1. The summed E-state index contributed by atoms with van der Waals surface area (Å²) in [5.74, 6) is 3.25. The fourth-order valence-electron chi connectivity index (χ4n) is 3.62. The van der Waals surface area contributed by atoms with E-state index in [2.05, 4.69) is 32.9 Å². The zero-order chi connectivity index (χ0) is 14.5. The lowest BCUT2D eigenvalue weighted by molar-refractivity contribution is -0.150. The predicted molar refractivity (Wildman–Crippen MR) is 82.3 cm³/mol. The van der Waals surface area contributed by atoms with E-state index < -0.39 is 0 Å². The number of esters is 1. The fourth-order valence-corrected chi connectivity index (χ4v) is 3.62. The van der Waals surface area contributed by atoms with Crippen molar-refractivity contribution >= 4 is 5.97 Å². The Morgan fingerprint density at radius 3 is 2.60 bits per heavy atom.